The first-order valence-electron chi connectivity index (χ1n) is 7.61. The third kappa shape index (κ3) is 2.63. The summed E-state index contributed by atoms with van der Waals surface area (Å²) < 4.78 is 0. The number of benzene rings is 1. The highest BCUT2D eigenvalue weighted by molar-refractivity contribution is 6.01. The summed E-state index contributed by atoms with van der Waals surface area (Å²) in [6.45, 7) is 5.62. The van der Waals surface area contributed by atoms with Gasteiger partial charge in [0.2, 0.25) is 5.91 Å². The molecule has 0 fully saturated rings. The second-order valence-electron chi connectivity index (χ2n) is 5.69. The average molecular weight is 270 g/mol. The lowest BCUT2D eigenvalue weighted by Crippen LogP contribution is -2.29. The molecule has 3 heteroatoms. The molecule has 0 atom stereocenters. The third-order valence-corrected chi connectivity index (χ3v) is 4.25. The van der Waals surface area contributed by atoms with Gasteiger partial charge in [-0.15, -0.1) is 0 Å². The lowest BCUT2D eigenvalue weighted by Gasteiger charge is -2.26. The molecule has 0 saturated carbocycles. The number of nitrogens with one attached hydrogen (secondary N) is 1. The number of carbonyl (C=O) groups is 1. The molecule has 1 N–H and O–H groups in total. The van der Waals surface area contributed by atoms with Gasteiger partial charge in [0.15, 0.2) is 0 Å². The van der Waals surface area contributed by atoms with Crippen LogP contribution in [0.15, 0.2) is 24.3 Å². The van der Waals surface area contributed by atoms with Crippen LogP contribution < -0.4 is 5.32 Å². The minimum absolute atomic E-state index is 0.119. The van der Waals surface area contributed by atoms with Gasteiger partial charge in [0.05, 0.1) is 6.42 Å². The van der Waals surface area contributed by atoms with Gasteiger partial charge in [-0.3, -0.25) is 9.69 Å². The van der Waals surface area contributed by atoms with Crippen LogP contribution in [0.1, 0.15) is 37.3 Å². The van der Waals surface area contributed by atoms with E-state index in [0.29, 0.717) is 6.42 Å². The van der Waals surface area contributed by atoms with Gasteiger partial charge in [0, 0.05) is 18.8 Å². The van der Waals surface area contributed by atoms with Crippen molar-refractivity contribution >= 4 is 17.2 Å². The topological polar surface area (TPSA) is 32.3 Å². The fourth-order valence-corrected chi connectivity index (χ4v) is 3.09. The Morgan fingerprint density at radius 3 is 3.00 bits per heavy atom. The molecule has 106 valence electrons. The SMILES string of the molecule is CCCCN1CC=C(c2cccc3c2CC(=O)N3)CC1. The molecule has 20 heavy (non-hydrogen) atoms. The van der Waals surface area contributed by atoms with E-state index in [1.54, 1.807) is 0 Å². The number of rotatable bonds is 4. The molecular weight excluding hydrogens is 248 g/mol. The Morgan fingerprint density at radius 1 is 1.35 bits per heavy atom. The van der Waals surface area contributed by atoms with E-state index in [-0.39, 0.29) is 5.91 Å². The van der Waals surface area contributed by atoms with Crippen molar-refractivity contribution in [1.29, 1.82) is 0 Å². The highest BCUT2D eigenvalue weighted by Gasteiger charge is 2.23. The number of unbranched alkanes of at least 4 members (excludes halogenated alkanes) is 1. The van der Waals surface area contributed by atoms with Crippen LogP contribution in [0.4, 0.5) is 5.69 Å². The number of fused-ring (bicyclic) bond motifs is 1. The monoisotopic (exact) mass is 270 g/mol. The van der Waals surface area contributed by atoms with Crippen LogP contribution in [0.25, 0.3) is 5.57 Å². The van der Waals surface area contributed by atoms with Crippen LogP contribution in [0.2, 0.25) is 0 Å². The predicted octanol–water partition coefficient (Wildman–Crippen LogP) is 3.07. The molecule has 0 spiro atoms. The van der Waals surface area contributed by atoms with Crippen molar-refractivity contribution in [2.45, 2.75) is 32.6 Å². The second-order valence-corrected chi connectivity index (χ2v) is 5.69. The summed E-state index contributed by atoms with van der Waals surface area (Å²) in [6.07, 6.45) is 6.50. The molecule has 0 radical (unpaired) electrons. The van der Waals surface area contributed by atoms with E-state index in [4.69, 9.17) is 0 Å². The zero-order valence-electron chi connectivity index (χ0n) is 12.1. The van der Waals surface area contributed by atoms with Gasteiger partial charge >= 0.3 is 0 Å². The molecule has 2 aliphatic heterocycles. The highest BCUT2D eigenvalue weighted by Crippen LogP contribution is 2.33. The Bertz CT molecular complexity index is 548. The molecule has 2 heterocycles. The Balaban J connectivity index is 1.77. The first-order chi connectivity index (χ1) is 9.78. The molecule has 1 amide bonds. The van der Waals surface area contributed by atoms with E-state index in [9.17, 15) is 4.79 Å². The first-order valence-corrected chi connectivity index (χ1v) is 7.61. The molecule has 3 rings (SSSR count). The molecular formula is C17H22N2O. The van der Waals surface area contributed by atoms with Crippen molar-refractivity contribution in [3.05, 3.63) is 35.4 Å². The van der Waals surface area contributed by atoms with Gasteiger partial charge in [-0.05, 0) is 42.2 Å². The van der Waals surface area contributed by atoms with Gasteiger partial charge in [-0.25, -0.2) is 0 Å². The van der Waals surface area contributed by atoms with Crippen LogP contribution in [-0.4, -0.2) is 30.4 Å². The molecule has 0 unspecified atom stereocenters. The van der Waals surface area contributed by atoms with Gasteiger partial charge < -0.3 is 5.32 Å². The van der Waals surface area contributed by atoms with Crippen LogP contribution in [0.3, 0.4) is 0 Å². The lowest BCUT2D eigenvalue weighted by molar-refractivity contribution is -0.115. The summed E-state index contributed by atoms with van der Waals surface area (Å²) in [5, 5.41) is 2.94. The van der Waals surface area contributed by atoms with E-state index in [1.165, 1.54) is 36.1 Å². The van der Waals surface area contributed by atoms with Gasteiger partial charge in [-0.1, -0.05) is 31.6 Å². The number of hydrogen-bond donors (Lipinski definition) is 1. The van der Waals surface area contributed by atoms with Crippen LogP contribution in [0.5, 0.6) is 0 Å². The Labute approximate surface area is 120 Å². The standard InChI is InChI=1S/C17H22N2O/c1-2-3-9-19-10-7-13(8-11-19)14-5-4-6-16-15(14)12-17(20)18-16/h4-7H,2-3,8-12H2,1H3,(H,18,20). The summed E-state index contributed by atoms with van der Waals surface area (Å²) in [4.78, 5) is 14.1. The first kappa shape index (κ1) is 13.4. The second kappa shape index (κ2) is 5.80. The molecule has 1 aromatic carbocycles. The molecule has 0 aromatic heterocycles. The average Bonchev–Trinajstić information content (AvgIpc) is 2.85. The van der Waals surface area contributed by atoms with Crippen molar-refractivity contribution in [2.24, 2.45) is 0 Å². The van der Waals surface area contributed by atoms with Crippen molar-refractivity contribution in [2.75, 3.05) is 25.0 Å². The zero-order valence-corrected chi connectivity index (χ0v) is 12.1. The molecule has 0 bridgehead atoms. The number of carbonyl (C=O) groups excluding carboxylic acids is 1. The minimum atomic E-state index is 0.119. The van der Waals surface area contributed by atoms with E-state index in [2.05, 4.69) is 29.3 Å². The molecule has 0 saturated heterocycles. The van der Waals surface area contributed by atoms with Gasteiger partial charge in [0.1, 0.15) is 0 Å². The zero-order chi connectivity index (χ0) is 13.9. The quantitative estimate of drug-likeness (QED) is 0.912. The van der Waals surface area contributed by atoms with E-state index < -0.39 is 0 Å². The number of nitrogens with zero attached hydrogens (tertiary/aromatic N) is 1. The third-order valence-electron chi connectivity index (χ3n) is 4.25. The Kier molecular flexibility index (Phi) is 3.88. The smallest absolute Gasteiger partial charge is 0.228 e. The normalized spacial score (nSPS) is 18.6. The fourth-order valence-electron chi connectivity index (χ4n) is 3.09. The number of hydrogen-bond acceptors (Lipinski definition) is 2. The van der Waals surface area contributed by atoms with Gasteiger partial charge in [0.25, 0.3) is 0 Å². The van der Waals surface area contributed by atoms with Crippen molar-refractivity contribution in [3.8, 4) is 0 Å². The van der Waals surface area contributed by atoms with Crippen molar-refractivity contribution < 1.29 is 4.79 Å². The summed E-state index contributed by atoms with van der Waals surface area (Å²) >= 11 is 0. The maximum atomic E-state index is 11.6. The maximum Gasteiger partial charge on any atom is 0.228 e. The number of amides is 1. The van der Waals surface area contributed by atoms with Crippen molar-refractivity contribution in [1.82, 2.24) is 4.90 Å². The Hall–Kier alpha value is -1.61. The summed E-state index contributed by atoms with van der Waals surface area (Å²) in [7, 11) is 0. The molecule has 3 nitrogen and oxygen atoms in total. The van der Waals surface area contributed by atoms with Crippen molar-refractivity contribution in [3.63, 3.8) is 0 Å². The van der Waals surface area contributed by atoms with Crippen LogP contribution in [0, 0.1) is 0 Å². The van der Waals surface area contributed by atoms with E-state index >= 15 is 0 Å². The minimum Gasteiger partial charge on any atom is -0.326 e. The molecule has 2 aliphatic rings. The number of anilines is 1. The highest BCUT2D eigenvalue weighted by atomic mass is 16.1. The summed E-state index contributed by atoms with van der Waals surface area (Å²) in [5.41, 5.74) is 4.87. The Morgan fingerprint density at radius 2 is 2.25 bits per heavy atom. The summed E-state index contributed by atoms with van der Waals surface area (Å²) in [5.74, 6) is 0.119. The lowest BCUT2D eigenvalue weighted by atomic mass is 9.93. The summed E-state index contributed by atoms with van der Waals surface area (Å²) in [6, 6.07) is 6.21. The largest absolute Gasteiger partial charge is 0.326 e. The van der Waals surface area contributed by atoms with Crippen LogP contribution >= 0.6 is 0 Å². The maximum absolute atomic E-state index is 11.6. The van der Waals surface area contributed by atoms with E-state index in [0.717, 1.165) is 25.2 Å². The fraction of sp³-hybridized carbons (Fsp3) is 0.471. The van der Waals surface area contributed by atoms with Gasteiger partial charge in [-0.2, -0.15) is 0 Å². The molecule has 1 aromatic rings. The molecule has 0 aliphatic carbocycles. The van der Waals surface area contributed by atoms with Crippen LogP contribution in [-0.2, 0) is 11.2 Å². The predicted molar refractivity (Wildman–Crippen MR) is 82.7 cm³/mol. The van der Waals surface area contributed by atoms with E-state index in [1.807, 2.05) is 12.1 Å².